The van der Waals surface area contributed by atoms with Crippen LogP contribution in [0.2, 0.25) is 0 Å². The van der Waals surface area contributed by atoms with Gasteiger partial charge in [-0.1, -0.05) is 12.1 Å². The monoisotopic (exact) mass is 404 g/mol. The maximum Gasteiger partial charge on any atom is 0.224 e. The van der Waals surface area contributed by atoms with E-state index in [4.69, 9.17) is 5.73 Å². The van der Waals surface area contributed by atoms with Crippen molar-refractivity contribution in [2.45, 2.75) is 38.6 Å². The van der Waals surface area contributed by atoms with Crippen molar-refractivity contribution in [3.05, 3.63) is 35.6 Å². The van der Waals surface area contributed by atoms with Gasteiger partial charge in [-0.25, -0.2) is 4.39 Å². The fraction of sp³-hybridized carbons (Fsp3) is 0.636. The second-order valence-electron chi connectivity index (χ2n) is 8.39. The molecule has 2 amide bonds. The Hall–Kier alpha value is -1.99. The SMILES string of the molecule is NC(=O)C1CCCN(CCCNC(=O)C2CCCN(Cc3cccc(F)c3)C2)C1. The van der Waals surface area contributed by atoms with Gasteiger partial charge < -0.3 is 16.0 Å². The first-order valence-electron chi connectivity index (χ1n) is 10.8. The highest BCUT2D eigenvalue weighted by Gasteiger charge is 2.26. The molecule has 7 heteroatoms. The summed E-state index contributed by atoms with van der Waals surface area (Å²) in [6.45, 7) is 5.59. The zero-order chi connectivity index (χ0) is 20.6. The lowest BCUT2D eigenvalue weighted by molar-refractivity contribution is -0.126. The molecule has 1 aromatic carbocycles. The van der Waals surface area contributed by atoms with E-state index < -0.39 is 0 Å². The Morgan fingerprint density at radius 2 is 1.83 bits per heavy atom. The number of halogens is 1. The van der Waals surface area contributed by atoms with Crippen molar-refractivity contribution in [3.8, 4) is 0 Å². The van der Waals surface area contributed by atoms with Gasteiger partial charge in [-0.15, -0.1) is 0 Å². The van der Waals surface area contributed by atoms with E-state index in [1.807, 2.05) is 6.07 Å². The van der Waals surface area contributed by atoms with Gasteiger partial charge in [0.25, 0.3) is 0 Å². The first-order valence-corrected chi connectivity index (χ1v) is 10.8. The molecular formula is C22H33FN4O2. The highest BCUT2D eigenvalue weighted by molar-refractivity contribution is 5.79. The predicted octanol–water partition coefficient (Wildman–Crippen LogP) is 1.74. The Morgan fingerprint density at radius 3 is 2.59 bits per heavy atom. The minimum atomic E-state index is -0.218. The molecule has 2 atom stereocenters. The number of nitrogens with two attached hydrogens (primary N) is 1. The van der Waals surface area contributed by atoms with Gasteiger partial charge in [0.15, 0.2) is 0 Å². The minimum absolute atomic E-state index is 0.00784. The number of nitrogens with zero attached hydrogens (tertiary/aromatic N) is 2. The molecule has 2 aliphatic rings. The lowest BCUT2D eigenvalue weighted by atomic mass is 9.96. The third kappa shape index (κ3) is 6.78. The molecule has 3 rings (SSSR count). The summed E-state index contributed by atoms with van der Waals surface area (Å²) in [7, 11) is 0. The van der Waals surface area contributed by atoms with Gasteiger partial charge >= 0.3 is 0 Å². The van der Waals surface area contributed by atoms with Crippen LogP contribution >= 0.6 is 0 Å². The van der Waals surface area contributed by atoms with Crippen molar-refractivity contribution in [3.63, 3.8) is 0 Å². The molecular weight excluding hydrogens is 371 g/mol. The molecule has 0 aliphatic carbocycles. The largest absolute Gasteiger partial charge is 0.369 e. The van der Waals surface area contributed by atoms with Crippen LogP contribution in [0.25, 0.3) is 0 Å². The number of likely N-dealkylation sites (tertiary alicyclic amines) is 2. The normalized spacial score (nSPS) is 23.6. The standard InChI is InChI=1S/C22H33FN4O2/c23-20-8-1-5-17(13-20)14-27-11-3-7-19(16-27)22(29)25-9-4-12-26-10-2-6-18(15-26)21(24)28/h1,5,8,13,18-19H,2-4,6-7,9-12,14-16H2,(H2,24,28)(H,25,29). The van der Waals surface area contributed by atoms with E-state index >= 15 is 0 Å². The first kappa shape index (κ1) is 21.7. The summed E-state index contributed by atoms with van der Waals surface area (Å²) in [5.41, 5.74) is 6.37. The topological polar surface area (TPSA) is 78.7 Å². The second kappa shape index (κ2) is 10.7. The summed E-state index contributed by atoms with van der Waals surface area (Å²) in [6.07, 6.45) is 4.64. The maximum atomic E-state index is 13.4. The molecule has 6 nitrogen and oxygen atoms in total. The highest BCUT2D eigenvalue weighted by atomic mass is 19.1. The second-order valence-corrected chi connectivity index (χ2v) is 8.39. The smallest absolute Gasteiger partial charge is 0.224 e. The van der Waals surface area contributed by atoms with Gasteiger partial charge in [-0.2, -0.15) is 0 Å². The number of amides is 2. The minimum Gasteiger partial charge on any atom is -0.369 e. The lowest BCUT2D eigenvalue weighted by Crippen LogP contribution is -2.44. The molecule has 29 heavy (non-hydrogen) atoms. The summed E-state index contributed by atoms with van der Waals surface area (Å²) in [5.74, 6) is -0.355. The highest BCUT2D eigenvalue weighted by Crippen LogP contribution is 2.19. The Bertz CT molecular complexity index is 699. The molecule has 0 saturated carbocycles. The molecule has 2 unspecified atom stereocenters. The summed E-state index contributed by atoms with van der Waals surface area (Å²) in [4.78, 5) is 28.4. The van der Waals surface area contributed by atoms with Crippen molar-refractivity contribution >= 4 is 11.8 Å². The number of primary amides is 1. The van der Waals surface area contributed by atoms with Crippen molar-refractivity contribution in [1.29, 1.82) is 0 Å². The van der Waals surface area contributed by atoms with Crippen LogP contribution in [0.15, 0.2) is 24.3 Å². The number of hydrogen-bond acceptors (Lipinski definition) is 4. The van der Waals surface area contributed by atoms with Gasteiger partial charge in [-0.3, -0.25) is 14.5 Å². The van der Waals surface area contributed by atoms with Crippen molar-refractivity contribution in [2.75, 3.05) is 39.3 Å². The Morgan fingerprint density at radius 1 is 1.10 bits per heavy atom. The van der Waals surface area contributed by atoms with E-state index in [0.717, 1.165) is 70.4 Å². The van der Waals surface area contributed by atoms with Crippen LogP contribution in [-0.2, 0) is 16.1 Å². The van der Waals surface area contributed by atoms with Gasteiger partial charge in [0.2, 0.25) is 11.8 Å². The number of hydrogen-bond donors (Lipinski definition) is 2. The molecule has 0 bridgehead atoms. The van der Waals surface area contributed by atoms with Crippen molar-refractivity contribution in [2.24, 2.45) is 17.6 Å². The fourth-order valence-electron chi connectivity index (χ4n) is 4.46. The van der Waals surface area contributed by atoms with Crippen LogP contribution in [0.4, 0.5) is 4.39 Å². The molecule has 3 N–H and O–H groups in total. The van der Waals surface area contributed by atoms with Crippen LogP contribution in [0, 0.1) is 17.7 Å². The van der Waals surface area contributed by atoms with Gasteiger partial charge in [0, 0.05) is 26.2 Å². The van der Waals surface area contributed by atoms with Crippen molar-refractivity contribution in [1.82, 2.24) is 15.1 Å². The number of carbonyl (C=O) groups excluding carboxylic acids is 2. The van der Waals surface area contributed by atoms with E-state index in [1.165, 1.54) is 6.07 Å². The fourth-order valence-corrected chi connectivity index (χ4v) is 4.46. The molecule has 2 saturated heterocycles. The van der Waals surface area contributed by atoms with Crippen LogP contribution in [0.5, 0.6) is 0 Å². The van der Waals surface area contributed by atoms with E-state index in [9.17, 15) is 14.0 Å². The zero-order valence-corrected chi connectivity index (χ0v) is 17.1. The van der Waals surface area contributed by atoms with E-state index in [0.29, 0.717) is 13.1 Å². The van der Waals surface area contributed by atoms with Crippen LogP contribution in [-0.4, -0.2) is 60.9 Å². The van der Waals surface area contributed by atoms with Gasteiger partial charge in [0.05, 0.1) is 11.8 Å². The van der Waals surface area contributed by atoms with Crippen molar-refractivity contribution < 1.29 is 14.0 Å². The molecule has 0 aromatic heterocycles. The first-order chi connectivity index (χ1) is 14.0. The number of piperidine rings is 2. The third-order valence-electron chi connectivity index (χ3n) is 6.03. The quantitative estimate of drug-likeness (QED) is 0.647. The third-order valence-corrected chi connectivity index (χ3v) is 6.03. The molecule has 2 heterocycles. The number of nitrogens with one attached hydrogen (secondary N) is 1. The van der Waals surface area contributed by atoms with E-state index in [2.05, 4.69) is 15.1 Å². The lowest BCUT2D eigenvalue weighted by Gasteiger charge is -2.32. The van der Waals surface area contributed by atoms with Gasteiger partial charge in [0.1, 0.15) is 5.82 Å². The molecule has 2 fully saturated rings. The Kier molecular flexibility index (Phi) is 8.00. The maximum absolute atomic E-state index is 13.4. The number of rotatable bonds is 8. The average Bonchev–Trinajstić information content (AvgIpc) is 2.71. The molecule has 1 aromatic rings. The van der Waals surface area contributed by atoms with Crippen LogP contribution < -0.4 is 11.1 Å². The number of carbonyl (C=O) groups is 2. The van der Waals surface area contributed by atoms with Gasteiger partial charge in [-0.05, 0) is 69.4 Å². The summed E-state index contributed by atoms with van der Waals surface area (Å²) >= 11 is 0. The number of benzene rings is 1. The van der Waals surface area contributed by atoms with E-state index in [1.54, 1.807) is 12.1 Å². The Balaban J connectivity index is 1.36. The summed E-state index contributed by atoms with van der Waals surface area (Å²) < 4.78 is 13.4. The summed E-state index contributed by atoms with van der Waals surface area (Å²) in [5, 5.41) is 3.08. The van der Waals surface area contributed by atoms with Crippen LogP contribution in [0.1, 0.15) is 37.7 Å². The van der Waals surface area contributed by atoms with E-state index in [-0.39, 0.29) is 29.5 Å². The summed E-state index contributed by atoms with van der Waals surface area (Å²) in [6, 6.07) is 6.67. The van der Waals surface area contributed by atoms with Crippen LogP contribution in [0.3, 0.4) is 0 Å². The zero-order valence-electron chi connectivity index (χ0n) is 17.1. The molecule has 2 aliphatic heterocycles. The molecule has 0 radical (unpaired) electrons. The Labute approximate surface area is 172 Å². The predicted molar refractivity (Wildman–Crippen MR) is 110 cm³/mol. The molecule has 0 spiro atoms. The average molecular weight is 405 g/mol. The molecule has 160 valence electrons.